The number of nitrogens with two attached hydrogens (primary N) is 1. The van der Waals surface area contributed by atoms with Gasteiger partial charge in [0, 0.05) is 6.20 Å². The number of hydrogen-bond acceptors (Lipinski definition) is 6. The van der Waals surface area contributed by atoms with E-state index in [0.717, 1.165) is 0 Å². The molecule has 0 aliphatic rings. The van der Waals surface area contributed by atoms with Gasteiger partial charge in [0.15, 0.2) is 0 Å². The fourth-order valence-corrected chi connectivity index (χ4v) is 1.42. The Bertz CT molecular complexity index is 572. The van der Waals surface area contributed by atoms with Crippen molar-refractivity contribution in [1.29, 1.82) is 0 Å². The van der Waals surface area contributed by atoms with Crippen LogP contribution in [-0.2, 0) is 4.74 Å². The van der Waals surface area contributed by atoms with E-state index in [4.69, 9.17) is 5.73 Å². The van der Waals surface area contributed by atoms with E-state index in [1.54, 1.807) is 36.5 Å². The van der Waals surface area contributed by atoms with Gasteiger partial charge in [-0.25, -0.2) is 14.8 Å². The highest BCUT2D eigenvalue weighted by Crippen LogP contribution is 2.18. The van der Waals surface area contributed by atoms with Gasteiger partial charge in [0.05, 0.1) is 7.11 Å². The second kappa shape index (κ2) is 5.13. The predicted octanol–water partition coefficient (Wildman–Crippen LogP) is 1.59. The van der Waals surface area contributed by atoms with Crippen molar-refractivity contribution < 1.29 is 9.53 Å². The Kier molecular flexibility index (Phi) is 3.38. The van der Waals surface area contributed by atoms with Gasteiger partial charge in [0.1, 0.15) is 23.0 Å². The van der Waals surface area contributed by atoms with E-state index in [2.05, 4.69) is 20.0 Å². The average Bonchev–Trinajstić information content (AvgIpc) is 2.38. The molecule has 0 aliphatic carbocycles. The van der Waals surface area contributed by atoms with Crippen LogP contribution in [-0.4, -0.2) is 23.0 Å². The minimum absolute atomic E-state index is 0.337. The minimum Gasteiger partial charge on any atom is -0.465 e. The number of rotatable bonds is 3. The van der Waals surface area contributed by atoms with Crippen LogP contribution in [0.2, 0.25) is 0 Å². The SMILES string of the molecule is COC(=O)c1cccnc1Nc1cccc(N)n1. The number of hydrogen-bond donors (Lipinski definition) is 2. The maximum Gasteiger partial charge on any atom is 0.341 e. The summed E-state index contributed by atoms with van der Waals surface area (Å²) >= 11 is 0. The molecule has 2 aromatic heterocycles. The lowest BCUT2D eigenvalue weighted by Crippen LogP contribution is -2.07. The molecule has 6 heteroatoms. The highest BCUT2D eigenvalue weighted by atomic mass is 16.5. The molecule has 2 heterocycles. The van der Waals surface area contributed by atoms with Crippen LogP contribution in [0.4, 0.5) is 17.5 Å². The van der Waals surface area contributed by atoms with E-state index in [1.165, 1.54) is 7.11 Å². The number of ether oxygens (including phenoxy) is 1. The second-order valence-electron chi connectivity index (χ2n) is 3.46. The van der Waals surface area contributed by atoms with Gasteiger partial charge in [-0.15, -0.1) is 0 Å². The number of methoxy groups -OCH3 is 1. The van der Waals surface area contributed by atoms with Gasteiger partial charge in [-0.2, -0.15) is 0 Å². The number of anilines is 3. The third kappa shape index (κ3) is 2.54. The Morgan fingerprint density at radius 1 is 1.33 bits per heavy atom. The summed E-state index contributed by atoms with van der Waals surface area (Å²) in [5, 5.41) is 2.93. The molecular weight excluding hydrogens is 232 g/mol. The maximum absolute atomic E-state index is 11.5. The molecule has 0 unspecified atom stereocenters. The zero-order valence-corrected chi connectivity index (χ0v) is 9.75. The zero-order valence-electron chi connectivity index (χ0n) is 9.75. The first-order valence-corrected chi connectivity index (χ1v) is 5.23. The highest BCUT2D eigenvalue weighted by molar-refractivity contribution is 5.95. The van der Waals surface area contributed by atoms with Crippen LogP contribution >= 0.6 is 0 Å². The molecule has 0 atom stereocenters. The van der Waals surface area contributed by atoms with Crippen molar-refractivity contribution in [1.82, 2.24) is 9.97 Å². The average molecular weight is 244 g/mol. The molecule has 0 aliphatic heterocycles. The lowest BCUT2D eigenvalue weighted by molar-refractivity contribution is 0.0601. The summed E-state index contributed by atoms with van der Waals surface area (Å²) in [6.07, 6.45) is 1.57. The largest absolute Gasteiger partial charge is 0.465 e. The highest BCUT2D eigenvalue weighted by Gasteiger charge is 2.12. The summed E-state index contributed by atoms with van der Waals surface area (Å²) in [5.74, 6) is 0.811. The standard InChI is InChI=1S/C12H12N4O2/c1-18-12(17)8-4-3-7-14-11(8)16-10-6-2-5-9(13)15-10/h2-7H,1H3,(H3,13,14,15,16). The number of aromatic nitrogens is 2. The van der Waals surface area contributed by atoms with E-state index >= 15 is 0 Å². The first-order valence-electron chi connectivity index (χ1n) is 5.23. The summed E-state index contributed by atoms with van der Waals surface area (Å²) < 4.78 is 4.67. The van der Waals surface area contributed by atoms with Crippen LogP contribution in [0.1, 0.15) is 10.4 Å². The fourth-order valence-electron chi connectivity index (χ4n) is 1.42. The van der Waals surface area contributed by atoms with Gasteiger partial charge in [0.25, 0.3) is 0 Å². The number of nitrogen functional groups attached to an aromatic ring is 1. The quantitative estimate of drug-likeness (QED) is 0.797. The molecule has 0 fully saturated rings. The third-order valence-corrected chi connectivity index (χ3v) is 2.23. The van der Waals surface area contributed by atoms with Crippen LogP contribution in [0.25, 0.3) is 0 Å². The van der Waals surface area contributed by atoms with Gasteiger partial charge in [-0.1, -0.05) is 6.07 Å². The summed E-state index contributed by atoms with van der Waals surface area (Å²) in [6.45, 7) is 0. The molecule has 6 nitrogen and oxygen atoms in total. The number of carbonyl (C=O) groups excluding carboxylic acids is 1. The Labute approximate surface area is 104 Å². The number of carbonyl (C=O) groups is 1. The van der Waals surface area contributed by atoms with E-state index in [-0.39, 0.29) is 0 Å². The fraction of sp³-hybridized carbons (Fsp3) is 0.0833. The Hall–Kier alpha value is -2.63. The van der Waals surface area contributed by atoms with Crippen molar-refractivity contribution >= 4 is 23.4 Å². The number of pyridine rings is 2. The molecule has 92 valence electrons. The van der Waals surface area contributed by atoms with Crippen molar-refractivity contribution in [3.8, 4) is 0 Å². The van der Waals surface area contributed by atoms with Gasteiger partial charge < -0.3 is 15.8 Å². The number of nitrogens with one attached hydrogen (secondary N) is 1. The van der Waals surface area contributed by atoms with E-state index in [1.807, 2.05) is 0 Å². The van der Waals surface area contributed by atoms with E-state index in [9.17, 15) is 4.79 Å². The Morgan fingerprint density at radius 3 is 2.89 bits per heavy atom. The molecule has 3 N–H and O–H groups in total. The van der Waals surface area contributed by atoms with Crippen LogP contribution in [0, 0.1) is 0 Å². The summed E-state index contributed by atoms with van der Waals surface area (Å²) in [4.78, 5) is 19.7. The minimum atomic E-state index is -0.463. The van der Waals surface area contributed by atoms with Gasteiger partial charge in [-0.3, -0.25) is 0 Å². The van der Waals surface area contributed by atoms with E-state index in [0.29, 0.717) is 23.0 Å². The second-order valence-corrected chi connectivity index (χ2v) is 3.46. The van der Waals surface area contributed by atoms with Crippen LogP contribution in [0.3, 0.4) is 0 Å². The molecule has 0 radical (unpaired) electrons. The van der Waals surface area contributed by atoms with Gasteiger partial charge in [0.2, 0.25) is 0 Å². The first kappa shape index (κ1) is 11.8. The van der Waals surface area contributed by atoms with Crippen LogP contribution in [0.5, 0.6) is 0 Å². The molecule has 0 saturated carbocycles. The molecular formula is C12H12N4O2. The molecule has 18 heavy (non-hydrogen) atoms. The lowest BCUT2D eigenvalue weighted by atomic mass is 10.2. The number of nitrogens with zero attached hydrogens (tertiary/aromatic N) is 2. The van der Waals surface area contributed by atoms with E-state index < -0.39 is 5.97 Å². The van der Waals surface area contributed by atoms with Crippen molar-refractivity contribution in [2.45, 2.75) is 0 Å². The first-order chi connectivity index (χ1) is 8.70. The Balaban J connectivity index is 2.32. The third-order valence-electron chi connectivity index (χ3n) is 2.23. The van der Waals surface area contributed by atoms with Crippen LogP contribution in [0.15, 0.2) is 36.5 Å². The zero-order chi connectivity index (χ0) is 13.0. The normalized spacial score (nSPS) is 9.83. The molecule has 0 bridgehead atoms. The molecule has 2 aromatic rings. The summed E-state index contributed by atoms with van der Waals surface area (Å²) in [6, 6.07) is 8.43. The smallest absolute Gasteiger partial charge is 0.341 e. The van der Waals surface area contributed by atoms with Gasteiger partial charge >= 0.3 is 5.97 Å². The van der Waals surface area contributed by atoms with Gasteiger partial charge in [-0.05, 0) is 24.3 Å². The maximum atomic E-state index is 11.5. The number of esters is 1. The lowest BCUT2D eigenvalue weighted by Gasteiger charge is -2.08. The van der Waals surface area contributed by atoms with Crippen molar-refractivity contribution in [3.05, 3.63) is 42.1 Å². The monoisotopic (exact) mass is 244 g/mol. The molecule has 0 aromatic carbocycles. The van der Waals surface area contributed by atoms with Crippen molar-refractivity contribution in [3.63, 3.8) is 0 Å². The van der Waals surface area contributed by atoms with Crippen molar-refractivity contribution in [2.75, 3.05) is 18.2 Å². The molecule has 0 saturated heterocycles. The Morgan fingerprint density at radius 2 is 2.17 bits per heavy atom. The molecule has 0 spiro atoms. The summed E-state index contributed by atoms with van der Waals surface area (Å²) in [5.41, 5.74) is 5.91. The molecule has 0 amide bonds. The summed E-state index contributed by atoms with van der Waals surface area (Å²) in [7, 11) is 1.32. The predicted molar refractivity (Wildman–Crippen MR) is 67.5 cm³/mol. The van der Waals surface area contributed by atoms with Crippen molar-refractivity contribution in [2.24, 2.45) is 0 Å². The van der Waals surface area contributed by atoms with Crippen LogP contribution < -0.4 is 11.1 Å². The topological polar surface area (TPSA) is 90.1 Å². The molecule has 2 rings (SSSR count).